The van der Waals surface area contributed by atoms with E-state index < -0.39 is 5.97 Å². The number of esters is 1. The van der Waals surface area contributed by atoms with Crippen molar-refractivity contribution in [3.05, 3.63) is 11.8 Å². The van der Waals surface area contributed by atoms with Crippen LogP contribution in [0.15, 0.2) is 11.8 Å². The van der Waals surface area contributed by atoms with Crippen molar-refractivity contribution in [1.29, 1.82) is 0 Å². The number of rotatable bonds is 1. The Hall–Kier alpha value is -1.32. The lowest BCUT2D eigenvalue weighted by molar-refractivity contribution is -0.139. The Morgan fingerprint density at radius 3 is 2.81 bits per heavy atom. The minimum absolute atomic E-state index is 0.0140. The maximum Gasteiger partial charge on any atom is 0.337 e. The summed E-state index contributed by atoms with van der Waals surface area (Å²) in [6.45, 7) is 3.97. The lowest BCUT2D eigenvalue weighted by Crippen LogP contribution is -2.36. The van der Waals surface area contributed by atoms with Crippen LogP contribution in [0.5, 0.6) is 0 Å². The first-order valence-corrected chi connectivity index (χ1v) is 5.52. The van der Waals surface area contributed by atoms with Crippen molar-refractivity contribution in [3.8, 4) is 0 Å². The number of ether oxygens (including phenoxy) is 2. The van der Waals surface area contributed by atoms with E-state index in [9.17, 15) is 9.59 Å². The third-order valence-electron chi connectivity index (χ3n) is 3.62. The molecule has 0 aromatic carbocycles. The largest absolute Gasteiger partial charge is 0.497 e. The Morgan fingerprint density at radius 2 is 2.19 bits per heavy atom. The summed E-state index contributed by atoms with van der Waals surface area (Å²) in [5, 5.41) is 0. The van der Waals surface area contributed by atoms with Gasteiger partial charge < -0.3 is 9.47 Å². The van der Waals surface area contributed by atoms with Gasteiger partial charge in [0.25, 0.3) is 0 Å². The monoisotopic (exact) mass is 224 g/mol. The first-order chi connectivity index (χ1) is 7.56. The molecule has 0 bridgehead atoms. The molecular weight excluding hydrogens is 208 g/mol. The van der Waals surface area contributed by atoms with E-state index in [1.54, 1.807) is 0 Å². The molecule has 0 aromatic heterocycles. The molecule has 88 valence electrons. The molecule has 0 amide bonds. The second-order valence-corrected chi connectivity index (χ2v) is 4.61. The van der Waals surface area contributed by atoms with Crippen LogP contribution in [0, 0.1) is 17.8 Å². The molecular formula is C12H16O4. The van der Waals surface area contributed by atoms with E-state index in [0.717, 1.165) is 0 Å². The molecule has 4 nitrogen and oxygen atoms in total. The minimum Gasteiger partial charge on any atom is -0.497 e. The van der Waals surface area contributed by atoms with E-state index in [4.69, 9.17) is 4.74 Å². The zero-order valence-corrected chi connectivity index (χ0v) is 9.73. The third kappa shape index (κ3) is 1.52. The lowest BCUT2D eigenvalue weighted by atomic mass is 9.80. The average Bonchev–Trinajstić information content (AvgIpc) is 2.55. The molecule has 0 saturated heterocycles. The molecule has 4 heteroatoms. The van der Waals surface area contributed by atoms with Crippen molar-refractivity contribution < 1.29 is 19.1 Å². The van der Waals surface area contributed by atoms with Crippen molar-refractivity contribution in [2.45, 2.75) is 26.4 Å². The average molecular weight is 224 g/mol. The first-order valence-electron chi connectivity index (χ1n) is 5.52. The number of carbonyl (C=O) groups is 2. The highest BCUT2D eigenvalue weighted by Crippen LogP contribution is 2.44. The zero-order chi connectivity index (χ0) is 11.9. The van der Waals surface area contributed by atoms with E-state index in [2.05, 4.69) is 4.74 Å². The van der Waals surface area contributed by atoms with Gasteiger partial charge in [-0.1, -0.05) is 6.92 Å². The van der Waals surface area contributed by atoms with Crippen LogP contribution in [0.2, 0.25) is 0 Å². The Kier molecular flexibility index (Phi) is 2.74. The first kappa shape index (κ1) is 11.2. The topological polar surface area (TPSA) is 52.6 Å². The van der Waals surface area contributed by atoms with Crippen LogP contribution >= 0.6 is 0 Å². The molecule has 2 rings (SSSR count). The number of ketones is 1. The molecule has 4 atom stereocenters. The minimum atomic E-state index is -0.454. The molecule has 1 heterocycles. The van der Waals surface area contributed by atoms with Gasteiger partial charge in [0.2, 0.25) is 0 Å². The van der Waals surface area contributed by atoms with Crippen LogP contribution in [0.25, 0.3) is 0 Å². The standard InChI is InChI=1S/C12H16O4/c1-6-4-9(13)11-8(12(14)15-3)5-16-7(2)10(6)11/h5-7,10-11H,4H2,1-3H3/t6-,7-,10-,11-/m0/s1. The molecule has 1 aliphatic carbocycles. The van der Waals surface area contributed by atoms with E-state index in [1.807, 2.05) is 13.8 Å². The Labute approximate surface area is 94.6 Å². The maximum absolute atomic E-state index is 11.9. The predicted molar refractivity (Wildman–Crippen MR) is 56.4 cm³/mol. The Balaban J connectivity index is 2.35. The fourth-order valence-corrected chi connectivity index (χ4v) is 2.88. The summed E-state index contributed by atoms with van der Waals surface area (Å²) in [4.78, 5) is 23.4. The van der Waals surface area contributed by atoms with E-state index in [0.29, 0.717) is 12.0 Å². The SMILES string of the molecule is COC(=O)C1=CO[C@@H](C)[C@H]2[C@@H]1C(=O)C[C@@H]2C. The third-order valence-corrected chi connectivity index (χ3v) is 3.62. The van der Waals surface area contributed by atoms with Gasteiger partial charge in [0.05, 0.1) is 31.0 Å². The van der Waals surface area contributed by atoms with Crippen LogP contribution in [0.4, 0.5) is 0 Å². The summed E-state index contributed by atoms with van der Waals surface area (Å²) in [5.74, 6) is -0.285. The molecule has 1 saturated carbocycles. The number of Topliss-reactive ketones (excluding diaryl/α,β-unsaturated/α-hetero) is 1. The summed E-state index contributed by atoms with van der Waals surface area (Å²) >= 11 is 0. The molecule has 0 unspecified atom stereocenters. The number of methoxy groups -OCH3 is 1. The molecule has 0 aromatic rings. The van der Waals surface area contributed by atoms with Crippen LogP contribution < -0.4 is 0 Å². The molecule has 0 spiro atoms. The van der Waals surface area contributed by atoms with Crippen molar-refractivity contribution in [1.82, 2.24) is 0 Å². The second-order valence-electron chi connectivity index (χ2n) is 4.61. The highest BCUT2D eigenvalue weighted by molar-refractivity contribution is 5.99. The van der Waals surface area contributed by atoms with Gasteiger partial charge >= 0.3 is 5.97 Å². The summed E-state index contributed by atoms with van der Waals surface area (Å²) < 4.78 is 10.1. The molecule has 2 aliphatic rings. The maximum atomic E-state index is 11.9. The van der Waals surface area contributed by atoms with Crippen LogP contribution in [0.1, 0.15) is 20.3 Å². The van der Waals surface area contributed by atoms with Crippen molar-refractivity contribution in [2.24, 2.45) is 17.8 Å². The van der Waals surface area contributed by atoms with Gasteiger partial charge in [-0.2, -0.15) is 0 Å². The summed E-state index contributed by atoms with van der Waals surface area (Å²) in [5.41, 5.74) is 0.375. The van der Waals surface area contributed by atoms with Gasteiger partial charge in [-0.15, -0.1) is 0 Å². The van der Waals surface area contributed by atoms with Gasteiger partial charge in [-0.05, 0) is 12.8 Å². The normalized spacial score (nSPS) is 37.4. The van der Waals surface area contributed by atoms with Crippen LogP contribution in [-0.2, 0) is 19.1 Å². The fraction of sp³-hybridized carbons (Fsp3) is 0.667. The van der Waals surface area contributed by atoms with E-state index in [1.165, 1.54) is 13.4 Å². The summed E-state index contributed by atoms with van der Waals surface area (Å²) in [6.07, 6.45) is 1.91. The highest BCUT2D eigenvalue weighted by atomic mass is 16.5. The number of fused-ring (bicyclic) bond motifs is 1. The van der Waals surface area contributed by atoms with E-state index >= 15 is 0 Å². The summed E-state index contributed by atoms with van der Waals surface area (Å²) in [7, 11) is 1.32. The van der Waals surface area contributed by atoms with Crippen LogP contribution in [0.3, 0.4) is 0 Å². The number of carbonyl (C=O) groups excluding carboxylic acids is 2. The van der Waals surface area contributed by atoms with E-state index in [-0.39, 0.29) is 29.6 Å². The van der Waals surface area contributed by atoms with Crippen LogP contribution in [-0.4, -0.2) is 25.0 Å². The summed E-state index contributed by atoms with van der Waals surface area (Å²) in [6, 6.07) is 0. The van der Waals surface area contributed by atoms with Gasteiger partial charge in [-0.25, -0.2) is 4.79 Å². The molecule has 0 N–H and O–H groups in total. The number of hydrogen-bond acceptors (Lipinski definition) is 4. The Morgan fingerprint density at radius 1 is 1.50 bits per heavy atom. The van der Waals surface area contributed by atoms with Gasteiger partial charge in [0.15, 0.2) is 0 Å². The molecule has 16 heavy (non-hydrogen) atoms. The smallest absolute Gasteiger partial charge is 0.337 e. The zero-order valence-electron chi connectivity index (χ0n) is 9.73. The quantitative estimate of drug-likeness (QED) is 0.630. The van der Waals surface area contributed by atoms with Crippen molar-refractivity contribution in [2.75, 3.05) is 7.11 Å². The fourth-order valence-electron chi connectivity index (χ4n) is 2.88. The van der Waals surface area contributed by atoms with Crippen molar-refractivity contribution in [3.63, 3.8) is 0 Å². The Bertz CT molecular complexity index is 358. The lowest BCUT2D eigenvalue weighted by Gasteiger charge is -2.32. The number of hydrogen-bond donors (Lipinski definition) is 0. The predicted octanol–water partition coefficient (Wildman–Crippen LogP) is 1.30. The second kappa shape index (κ2) is 3.92. The van der Waals surface area contributed by atoms with Gasteiger partial charge in [0, 0.05) is 12.3 Å². The highest BCUT2D eigenvalue weighted by Gasteiger charge is 2.49. The van der Waals surface area contributed by atoms with Gasteiger partial charge in [-0.3, -0.25) is 4.79 Å². The van der Waals surface area contributed by atoms with Crippen molar-refractivity contribution >= 4 is 11.8 Å². The van der Waals surface area contributed by atoms with Gasteiger partial charge in [0.1, 0.15) is 5.78 Å². The molecule has 1 aliphatic heterocycles. The molecule has 1 fully saturated rings. The molecule has 0 radical (unpaired) electrons.